The van der Waals surface area contributed by atoms with E-state index in [0.717, 1.165) is 32.6 Å². The Bertz CT molecular complexity index is 240. The maximum absolute atomic E-state index is 11.8. The van der Waals surface area contributed by atoms with Gasteiger partial charge in [0.25, 0.3) is 0 Å². The van der Waals surface area contributed by atoms with Gasteiger partial charge in [-0.25, -0.2) is 0 Å². The van der Waals surface area contributed by atoms with Gasteiger partial charge in [0.2, 0.25) is 0 Å². The third kappa shape index (κ3) is 4.94. The highest BCUT2D eigenvalue weighted by Crippen LogP contribution is 2.14. The summed E-state index contributed by atoms with van der Waals surface area (Å²) in [5, 5.41) is 3.43. The van der Waals surface area contributed by atoms with E-state index in [-0.39, 0.29) is 12.0 Å². The SMILES string of the molecule is CCCN(CC1CCCNC1)C(C)C(=O)OCC. The molecule has 0 spiro atoms. The molecule has 0 radical (unpaired) electrons. The summed E-state index contributed by atoms with van der Waals surface area (Å²) in [5.41, 5.74) is 0. The monoisotopic (exact) mass is 256 g/mol. The standard InChI is InChI=1S/C14H28N2O2/c1-4-9-16(12(3)14(17)18-5-2)11-13-7-6-8-15-10-13/h12-13,15H,4-11H2,1-3H3. The van der Waals surface area contributed by atoms with E-state index in [0.29, 0.717) is 12.5 Å². The van der Waals surface area contributed by atoms with Crippen LogP contribution in [0.4, 0.5) is 0 Å². The quantitative estimate of drug-likeness (QED) is 0.703. The Morgan fingerprint density at radius 1 is 1.50 bits per heavy atom. The van der Waals surface area contributed by atoms with Crippen molar-refractivity contribution in [1.29, 1.82) is 0 Å². The maximum Gasteiger partial charge on any atom is 0.323 e. The van der Waals surface area contributed by atoms with Crippen LogP contribution in [-0.4, -0.2) is 49.7 Å². The van der Waals surface area contributed by atoms with Crippen LogP contribution >= 0.6 is 0 Å². The number of esters is 1. The average Bonchev–Trinajstić information content (AvgIpc) is 2.39. The summed E-state index contributed by atoms with van der Waals surface area (Å²) < 4.78 is 5.12. The molecular formula is C14H28N2O2. The number of nitrogens with zero attached hydrogens (tertiary/aromatic N) is 1. The van der Waals surface area contributed by atoms with Crippen molar-refractivity contribution in [3.8, 4) is 0 Å². The Morgan fingerprint density at radius 3 is 2.83 bits per heavy atom. The summed E-state index contributed by atoms with van der Waals surface area (Å²) >= 11 is 0. The molecule has 0 aromatic heterocycles. The molecule has 2 unspecified atom stereocenters. The molecule has 4 heteroatoms. The van der Waals surface area contributed by atoms with E-state index in [1.807, 2.05) is 13.8 Å². The zero-order valence-electron chi connectivity index (χ0n) is 12.1. The van der Waals surface area contributed by atoms with Crippen molar-refractivity contribution in [3.63, 3.8) is 0 Å². The minimum Gasteiger partial charge on any atom is -0.465 e. The lowest BCUT2D eigenvalue weighted by atomic mass is 9.98. The first kappa shape index (κ1) is 15.4. The number of rotatable bonds is 7. The zero-order valence-corrected chi connectivity index (χ0v) is 12.1. The van der Waals surface area contributed by atoms with Crippen LogP contribution < -0.4 is 5.32 Å². The van der Waals surface area contributed by atoms with Crippen LogP contribution in [0.1, 0.15) is 40.0 Å². The first-order chi connectivity index (χ1) is 8.69. The van der Waals surface area contributed by atoms with Gasteiger partial charge in [0.1, 0.15) is 6.04 Å². The second-order valence-corrected chi connectivity index (χ2v) is 5.14. The molecule has 1 aliphatic heterocycles. The minimum absolute atomic E-state index is 0.0882. The molecule has 106 valence electrons. The summed E-state index contributed by atoms with van der Waals surface area (Å²) in [7, 11) is 0. The van der Waals surface area contributed by atoms with Gasteiger partial charge in [-0.1, -0.05) is 6.92 Å². The summed E-state index contributed by atoms with van der Waals surface area (Å²) in [6.45, 7) is 10.6. The van der Waals surface area contributed by atoms with Crippen LogP contribution in [0.2, 0.25) is 0 Å². The van der Waals surface area contributed by atoms with E-state index >= 15 is 0 Å². The van der Waals surface area contributed by atoms with Crippen LogP contribution in [0.3, 0.4) is 0 Å². The van der Waals surface area contributed by atoms with Crippen molar-refractivity contribution >= 4 is 5.97 Å². The van der Waals surface area contributed by atoms with Gasteiger partial charge in [-0.3, -0.25) is 9.69 Å². The molecule has 2 atom stereocenters. The summed E-state index contributed by atoms with van der Waals surface area (Å²) in [6, 6.07) is -0.119. The van der Waals surface area contributed by atoms with E-state index < -0.39 is 0 Å². The number of carbonyl (C=O) groups is 1. The fourth-order valence-electron chi connectivity index (χ4n) is 2.55. The lowest BCUT2D eigenvalue weighted by Crippen LogP contribution is -2.45. The highest BCUT2D eigenvalue weighted by molar-refractivity contribution is 5.75. The Hall–Kier alpha value is -0.610. The predicted octanol–water partition coefficient (Wildman–Crippen LogP) is 1.65. The van der Waals surface area contributed by atoms with Crippen molar-refractivity contribution in [2.24, 2.45) is 5.92 Å². The molecule has 0 bridgehead atoms. The van der Waals surface area contributed by atoms with E-state index in [2.05, 4.69) is 17.1 Å². The average molecular weight is 256 g/mol. The van der Waals surface area contributed by atoms with Crippen LogP contribution in [-0.2, 0) is 9.53 Å². The van der Waals surface area contributed by atoms with Gasteiger partial charge < -0.3 is 10.1 Å². The van der Waals surface area contributed by atoms with Gasteiger partial charge in [0.05, 0.1) is 6.61 Å². The van der Waals surface area contributed by atoms with E-state index in [9.17, 15) is 4.79 Å². The van der Waals surface area contributed by atoms with Crippen molar-refractivity contribution in [1.82, 2.24) is 10.2 Å². The number of hydrogen-bond donors (Lipinski definition) is 1. The predicted molar refractivity (Wildman–Crippen MR) is 73.6 cm³/mol. The molecular weight excluding hydrogens is 228 g/mol. The zero-order chi connectivity index (χ0) is 13.4. The van der Waals surface area contributed by atoms with Crippen LogP contribution in [0.15, 0.2) is 0 Å². The summed E-state index contributed by atoms with van der Waals surface area (Å²) in [4.78, 5) is 14.1. The molecule has 0 aromatic carbocycles. The molecule has 0 aromatic rings. The molecule has 4 nitrogen and oxygen atoms in total. The van der Waals surface area contributed by atoms with Gasteiger partial charge in [-0.15, -0.1) is 0 Å². The number of nitrogens with one attached hydrogen (secondary N) is 1. The smallest absolute Gasteiger partial charge is 0.323 e. The topological polar surface area (TPSA) is 41.6 Å². The van der Waals surface area contributed by atoms with Gasteiger partial charge in [-0.2, -0.15) is 0 Å². The molecule has 1 fully saturated rings. The molecule has 1 heterocycles. The first-order valence-corrected chi connectivity index (χ1v) is 7.30. The Kier molecular flexibility index (Phi) is 7.28. The lowest BCUT2D eigenvalue weighted by Gasteiger charge is -2.32. The van der Waals surface area contributed by atoms with E-state index in [1.165, 1.54) is 12.8 Å². The highest BCUT2D eigenvalue weighted by atomic mass is 16.5. The molecule has 1 N–H and O–H groups in total. The third-order valence-electron chi connectivity index (χ3n) is 3.58. The van der Waals surface area contributed by atoms with Gasteiger partial charge in [0, 0.05) is 6.54 Å². The minimum atomic E-state index is -0.119. The Balaban J connectivity index is 2.48. The van der Waals surface area contributed by atoms with Crippen LogP contribution in [0.5, 0.6) is 0 Å². The summed E-state index contributed by atoms with van der Waals surface area (Å²) in [5.74, 6) is 0.580. The number of ether oxygens (including phenoxy) is 1. The largest absolute Gasteiger partial charge is 0.465 e. The van der Waals surface area contributed by atoms with Gasteiger partial charge >= 0.3 is 5.97 Å². The number of carbonyl (C=O) groups excluding carboxylic acids is 1. The number of piperidine rings is 1. The fraction of sp³-hybridized carbons (Fsp3) is 0.929. The molecule has 1 aliphatic rings. The summed E-state index contributed by atoms with van der Waals surface area (Å²) in [6.07, 6.45) is 3.59. The molecule has 18 heavy (non-hydrogen) atoms. The van der Waals surface area contributed by atoms with Crippen LogP contribution in [0.25, 0.3) is 0 Å². The third-order valence-corrected chi connectivity index (χ3v) is 3.58. The van der Waals surface area contributed by atoms with Crippen LogP contribution in [0, 0.1) is 5.92 Å². The van der Waals surface area contributed by atoms with Crippen molar-refractivity contribution in [2.75, 3.05) is 32.8 Å². The van der Waals surface area contributed by atoms with Gasteiger partial charge in [-0.05, 0) is 58.7 Å². The number of hydrogen-bond acceptors (Lipinski definition) is 4. The second-order valence-electron chi connectivity index (χ2n) is 5.14. The second kappa shape index (κ2) is 8.48. The first-order valence-electron chi connectivity index (χ1n) is 7.30. The van der Waals surface area contributed by atoms with E-state index in [1.54, 1.807) is 0 Å². The lowest BCUT2D eigenvalue weighted by molar-refractivity contribution is -0.149. The molecule has 0 amide bonds. The van der Waals surface area contributed by atoms with Crippen molar-refractivity contribution in [3.05, 3.63) is 0 Å². The van der Waals surface area contributed by atoms with Gasteiger partial charge in [0.15, 0.2) is 0 Å². The van der Waals surface area contributed by atoms with Crippen molar-refractivity contribution < 1.29 is 9.53 Å². The van der Waals surface area contributed by atoms with E-state index in [4.69, 9.17) is 4.74 Å². The molecule has 1 rings (SSSR count). The maximum atomic E-state index is 11.8. The Morgan fingerprint density at radius 2 is 2.28 bits per heavy atom. The van der Waals surface area contributed by atoms with Crippen molar-refractivity contribution in [2.45, 2.75) is 46.1 Å². The Labute approximate surface area is 111 Å². The fourth-order valence-corrected chi connectivity index (χ4v) is 2.55. The molecule has 0 aliphatic carbocycles. The highest BCUT2D eigenvalue weighted by Gasteiger charge is 2.25. The molecule has 1 saturated heterocycles. The molecule has 0 saturated carbocycles. The normalized spacial score (nSPS) is 21.9.